The Morgan fingerprint density at radius 2 is 2.10 bits per heavy atom. The smallest absolute Gasteiger partial charge is 0.371 e. The Labute approximate surface area is 118 Å². The van der Waals surface area contributed by atoms with Crippen LogP contribution in [-0.4, -0.2) is 20.1 Å². The van der Waals surface area contributed by atoms with Gasteiger partial charge in [0.2, 0.25) is 0 Å². The van der Waals surface area contributed by atoms with Crippen LogP contribution < -0.4 is 10.2 Å². The molecule has 0 aliphatic carbocycles. The van der Waals surface area contributed by atoms with Crippen molar-refractivity contribution in [1.82, 2.24) is 5.32 Å². The van der Waals surface area contributed by atoms with Gasteiger partial charge in [-0.15, -0.1) is 0 Å². The highest BCUT2D eigenvalue weighted by atomic mass is 19.4. The maximum atomic E-state index is 13.1. The fourth-order valence-corrected chi connectivity index (χ4v) is 2.77. The summed E-state index contributed by atoms with van der Waals surface area (Å²) in [5, 5.41) is 2.79. The van der Waals surface area contributed by atoms with E-state index in [2.05, 4.69) is 17.1 Å². The topological polar surface area (TPSA) is 15.3 Å². The lowest BCUT2D eigenvalue weighted by molar-refractivity contribution is -0.138. The Hall–Kier alpha value is -1.23. The molecule has 112 valence electrons. The number of anilines is 1. The molecule has 0 aromatic heterocycles. The lowest BCUT2D eigenvalue weighted by atomic mass is 10.1. The summed E-state index contributed by atoms with van der Waals surface area (Å²) in [5.41, 5.74) is 0.465. The standard InChI is InChI=1S/C15H21F3N2/c1-3-11-6-7-20(10-11)13-5-4-12(9-19-2)14(8-13)15(16,17)18/h4-5,8,11,19H,3,6-7,9-10H2,1-2H3. The normalized spacial score (nSPS) is 19.6. The molecule has 1 unspecified atom stereocenters. The molecule has 1 saturated heterocycles. The number of alkyl halides is 3. The van der Waals surface area contributed by atoms with Gasteiger partial charge in [-0.25, -0.2) is 0 Å². The monoisotopic (exact) mass is 286 g/mol. The van der Waals surface area contributed by atoms with Crippen molar-refractivity contribution in [2.24, 2.45) is 5.92 Å². The zero-order valence-electron chi connectivity index (χ0n) is 11.9. The molecule has 1 aromatic carbocycles. The van der Waals surface area contributed by atoms with Crippen LogP contribution in [0.3, 0.4) is 0 Å². The van der Waals surface area contributed by atoms with Gasteiger partial charge < -0.3 is 10.2 Å². The molecule has 1 heterocycles. The first-order valence-corrected chi connectivity index (χ1v) is 7.05. The van der Waals surface area contributed by atoms with E-state index in [4.69, 9.17) is 0 Å². The van der Waals surface area contributed by atoms with Gasteiger partial charge in [0.25, 0.3) is 0 Å². The third kappa shape index (κ3) is 3.26. The SMILES string of the molecule is CCC1CCN(c2ccc(CNC)c(C(F)(F)F)c2)C1. The van der Waals surface area contributed by atoms with Crippen molar-refractivity contribution in [2.45, 2.75) is 32.5 Å². The van der Waals surface area contributed by atoms with Crippen molar-refractivity contribution in [3.8, 4) is 0 Å². The van der Waals surface area contributed by atoms with Crippen LogP contribution in [0.15, 0.2) is 18.2 Å². The molecule has 2 nitrogen and oxygen atoms in total. The second-order valence-electron chi connectivity index (χ2n) is 5.38. The Bertz CT molecular complexity index is 457. The molecule has 0 spiro atoms. The van der Waals surface area contributed by atoms with Crippen LogP contribution in [0, 0.1) is 5.92 Å². The number of halogens is 3. The molecule has 1 N–H and O–H groups in total. The van der Waals surface area contributed by atoms with Crippen molar-refractivity contribution in [3.05, 3.63) is 29.3 Å². The minimum absolute atomic E-state index is 0.229. The van der Waals surface area contributed by atoms with Crippen LogP contribution in [0.5, 0.6) is 0 Å². The van der Waals surface area contributed by atoms with E-state index >= 15 is 0 Å². The van der Waals surface area contributed by atoms with Crippen LogP contribution in [0.1, 0.15) is 30.9 Å². The summed E-state index contributed by atoms with van der Waals surface area (Å²) in [4.78, 5) is 2.06. The zero-order valence-corrected chi connectivity index (χ0v) is 11.9. The molecule has 1 aliphatic rings. The van der Waals surface area contributed by atoms with Crippen LogP contribution >= 0.6 is 0 Å². The molecule has 0 saturated carbocycles. The molecular formula is C15H21F3N2. The number of nitrogens with zero attached hydrogens (tertiary/aromatic N) is 1. The second-order valence-corrected chi connectivity index (χ2v) is 5.38. The summed E-state index contributed by atoms with van der Waals surface area (Å²) in [6.45, 7) is 4.07. The summed E-state index contributed by atoms with van der Waals surface area (Å²) >= 11 is 0. The number of nitrogens with one attached hydrogen (secondary N) is 1. The maximum Gasteiger partial charge on any atom is 0.416 e. The first kappa shape index (κ1) is 15.2. The van der Waals surface area contributed by atoms with Gasteiger partial charge in [0.05, 0.1) is 5.56 Å². The first-order chi connectivity index (χ1) is 9.45. The largest absolute Gasteiger partial charge is 0.416 e. The van der Waals surface area contributed by atoms with Gasteiger partial charge in [0.15, 0.2) is 0 Å². The van der Waals surface area contributed by atoms with Crippen LogP contribution in [0.2, 0.25) is 0 Å². The van der Waals surface area contributed by atoms with Crippen LogP contribution in [0.25, 0.3) is 0 Å². The summed E-state index contributed by atoms with van der Waals surface area (Å²) < 4.78 is 39.4. The third-order valence-corrected chi connectivity index (χ3v) is 3.99. The Kier molecular flexibility index (Phi) is 4.58. The average Bonchev–Trinajstić information content (AvgIpc) is 2.87. The molecule has 2 rings (SSSR count). The summed E-state index contributed by atoms with van der Waals surface area (Å²) in [5.74, 6) is 0.598. The van der Waals surface area contributed by atoms with Gasteiger partial charge in [-0.2, -0.15) is 13.2 Å². The summed E-state index contributed by atoms with van der Waals surface area (Å²) in [6.07, 6.45) is -2.15. The van der Waals surface area contributed by atoms with Crippen LogP contribution in [0.4, 0.5) is 18.9 Å². The van der Waals surface area contributed by atoms with Gasteiger partial charge >= 0.3 is 6.18 Å². The zero-order chi connectivity index (χ0) is 14.8. The Morgan fingerprint density at radius 3 is 2.65 bits per heavy atom. The molecule has 0 bridgehead atoms. The summed E-state index contributed by atoms with van der Waals surface area (Å²) in [7, 11) is 1.65. The number of rotatable bonds is 4. The van der Waals surface area contributed by atoms with Gasteiger partial charge in [0.1, 0.15) is 0 Å². The van der Waals surface area contributed by atoms with Gasteiger partial charge in [0, 0.05) is 25.3 Å². The molecule has 1 aliphatic heterocycles. The molecule has 1 fully saturated rings. The molecule has 5 heteroatoms. The van der Waals surface area contributed by atoms with Crippen molar-refractivity contribution in [3.63, 3.8) is 0 Å². The Balaban J connectivity index is 2.28. The fraction of sp³-hybridized carbons (Fsp3) is 0.600. The van der Waals surface area contributed by atoms with E-state index in [9.17, 15) is 13.2 Å². The molecular weight excluding hydrogens is 265 g/mol. The highest BCUT2D eigenvalue weighted by Gasteiger charge is 2.34. The molecule has 0 amide bonds. The van der Waals surface area contributed by atoms with Crippen molar-refractivity contribution >= 4 is 5.69 Å². The highest BCUT2D eigenvalue weighted by molar-refractivity contribution is 5.52. The number of hydrogen-bond donors (Lipinski definition) is 1. The molecule has 1 atom stereocenters. The van der Waals surface area contributed by atoms with Crippen molar-refractivity contribution in [2.75, 3.05) is 25.0 Å². The Morgan fingerprint density at radius 1 is 1.35 bits per heavy atom. The quantitative estimate of drug-likeness (QED) is 0.908. The highest BCUT2D eigenvalue weighted by Crippen LogP contribution is 2.36. The lowest BCUT2D eigenvalue weighted by Crippen LogP contribution is -2.21. The lowest BCUT2D eigenvalue weighted by Gasteiger charge is -2.21. The number of hydrogen-bond acceptors (Lipinski definition) is 2. The van der Waals surface area contributed by atoms with E-state index in [1.54, 1.807) is 19.2 Å². The van der Waals surface area contributed by atoms with E-state index in [-0.39, 0.29) is 6.54 Å². The molecule has 0 radical (unpaired) electrons. The number of benzene rings is 1. The predicted octanol–water partition coefficient (Wildman–Crippen LogP) is 3.66. The average molecular weight is 286 g/mol. The van der Waals surface area contributed by atoms with E-state index in [0.29, 0.717) is 17.2 Å². The first-order valence-electron chi connectivity index (χ1n) is 7.05. The summed E-state index contributed by atoms with van der Waals surface area (Å²) in [6, 6.07) is 4.69. The van der Waals surface area contributed by atoms with E-state index in [0.717, 1.165) is 25.9 Å². The third-order valence-electron chi connectivity index (χ3n) is 3.99. The molecule has 1 aromatic rings. The van der Waals surface area contributed by atoms with Crippen LogP contribution in [-0.2, 0) is 12.7 Å². The minimum Gasteiger partial charge on any atom is -0.371 e. The van der Waals surface area contributed by atoms with E-state index in [1.807, 2.05) is 0 Å². The van der Waals surface area contributed by atoms with Gasteiger partial charge in [-0.1, -0.05) is 19.4 Å². The van der Waals surface area contributed by atoms with Gasteiger partial charge in [-0.05, 0) is 37.1 Å². The van der Waals surface area contributed by atoms with Crippen molar-refractivity contribution < 1.29 is 13.2 Å². The van der Waals surface area contributed by atoms with Crippen molar-refractivity contribution in [1.29, 1.82) is 0 Å². The fourth-order valence-electron chi connectivity index (χ4n) is 2.77. The maximum absolute atomic E-state index is 13.1. The predicted molar refractivity (Wildman–Crippen MR) is 74.8 cm³/mol. The van der Waals surface area contributed by atoms with Gasteiger partial charge in [-0.3, -0.25) is 0 Å². The van der Waals surface area contributed by atoms with E-state index < -0.39 is 11.7 Å². The molecule has 20 heavy (non-hydrogen) atoms. The van der Waals surface area contributed by atoms with E-state index in [1.165, 1.54) is 6.07 Å². The second kappa shape index (κ2) is 6.04. The minimum atomic E-state index is -4.30.